The molecule has 1 amide bonds. The number of halogens is 2. The summed E-state index contributed by atoms with van der Waals surface area (Å²) in [5, 5.41) is 14.3. The van der Waals surface area contributed by atoms with Crippen molar-refractivity contribution < 1.29 is 9.53 Å². The summed E-state index contributed by atoms with van der Waals surface area (Å²) in [4.78, 5) is 18.8. The van der Waals surface area contributed by atoms with E-state index in [1.54, 1.807) is 24.3 Å². The average Bonchev–Trinajstić information content (AvgIpc) is 3.43. The number of hydrogen-bond donors (Lipinski definition) is 2. The summed E-state index contributed by atoms with van der Waals surface area (Å²) in [6, 6.07) is 31.3. The van der Waals surface area contributed by atoms with Crippen molar-refractivity contribution in [2.24, 2.45) is 0 Å². The molecule has 216 valence electrons. The standard InChI is InChI=1S/C35H30Cl2N4O2/c36-29-17-30(37)19-31(18-29)40-34(42)23-43-35(28-10-8-25(9-11-28)26-5-3-4-24(16-26)20-38)12-14-41(15-13-35)22-27-21-39-33-7-2-1-6-32(27)33/h1-11,16-19,21,39H,12-15,22-23H2,(H,40,42). The lowest BCUT2D eigenvalue weighted by molar-refractivity contribution is -0.135. The predicted molar refractivity (Wildman–Crippen MR) is 172 cm³/mol. The highest BCUT2D eigenvalue weighted by atomic mass is 35.5. The van der Waals surface area contributed by atoms with Crippen LogP contribution in [0.2, 0.25) is 10.0 Å². The lowest BCUT2D eigenvalue weighted by Gasteiger charge is -2.42. The normalized spacial score (nSPS) is 14.8. The van der Waals surface area contributed by atoms with Crippen molar-refractivity contribution in [2.45, 2.75) is 25.0 Å². The van der Waals surface area contributed by atoms with Crippen LogP contribution in [0.5, 0.6) is 0 Å². The van der Waals surface area contributed by atoms with E-state index in [1.165, 1.54) is 10.9 Å². The van der Waals surface area contributed by atoms with Crippen LogP contribution in [0, 0.1) is 11.3 Å². The third kappa shape index (κ3) is 6.61. The number of rotatable bonds is 8. The van der Waals surface area contributed by atoms with Crippen LogP contribution >= 0.6 is 23.2 Å². The van der Waals surface area contributed by atoms with Gasteiger partial charge in [-0.15, -0.1) is 0 Å². The summed E-state index contributed by atoms with van der Waals surface area (Å²) < 4.78 is 6.53. The first kappa shape index (κ1) is 29.0. The van der Waals surface area contributed by atoms with E-state index in [1.807, 2.05) is 24.3 Å². The number of para-hydroxylation sites is 1. The molecular weight excluding hydrogens is 579 g/mol. The Hall–Kier alpha value is -4.12. The molecule has 0 radical (unpaired) electrons. The van der Waals surface area contributed by atoms with Crippen LogP contribution in [-0.4, -0.2) is 35.5 Å². The van der Waals surface area contributed by atoms with Gasteiger partial charge in [0.2, 0.25) is 5.91 Å². The number of H-pyrrole nitrogens is 1. The Kier molecular flexibility index (Phi) is 8.51. The molecule has 1 saturated heterocycles. The molecule has 0 saturated carbocycles. The summed E-state index contributed by atoms with van der Waals surface area (Å²) in [6.07, 6.45) is 3.55. The minimum atomic E-state index is -0.632. The fourth-order valence-corrected chi connectivity index (χ4v) is 6.38. The number of nitriles is 1. The molecular formula is C35H30Cl2N4O2. The van der Waals surface area contributed by atoms with Gasteiger partial charge in [-0.05, 0) is 71.5 Å². The topological polar surface area (TPSA) is 81.2 Å². The Labute approximate surface area is 260 Å². The van der Waals surface area contributed by atoms with Gasteiger partial charge in [0, 0.05) is 52.5 Å². The highest BCUT2D eigenvalue weighted by Gasteiger charge is 2.38. The molecule has 43 heavy (non-hydrogen) atoms. The van der Waals surface area contributed by atoms with Gasteiger partial charge in [0.25, 0.3) is 0 Å². The average molecular weight is 610 g/mol. The smallest absolute Gasteiger partial charge is 0.250 e. The maximum absolute atomic E-state index is 13.0. The van der Waals surface area contributed by atoms with Crippen molar-refractivity contribution >= 4 is 45.7 Å². The first-order valence-electron chi connectivity index (χ1n) is 14.2. The van der Waals surface area contributed by atoms with E-state index in [-0.39, 0.29) is 12.5 Å². The molecule has 1 aliphatic heterocycles. The first-order chi connectivity index (χ1) is 20.9. The zero-order valence-electron chi connectivity index (χ0n) is 23.4. The van der Waals surface area contributed by atoms with Crippen molar-refractivity contribution in [2.75, 3.05) is 25.0 Å². The molecule has 4 aromatic carbocycles. The second-order valence-electron chi connectivity index (χ2n) is 10.9. The van der Waals surface area contributed by atoms with E-state index in [9.17, 15) is 10.1 Å². The van der Waals surface area contributed by atoms with Gasteiger partial charge in [-0.2, -0.15) is 5.26 Å². The van der Waals surface area contributed by atoms with E-state index in [0.717, 1.165) is 54.7 Å². The van der Waals surface area contributed by atoms with Gasteiger partial charge in [-0.1, -0.05) is 77.8 Å². The van der Waals surface area contributed by atoms with Crippen molar-refractivity contribution in [3.8, 4) is 17.2 Å². The Morgan fingerprint density at radius 2 is 1.67 bits per heavy atom. The number of piperidine rings is 1. The van der Waals surface area contributed by atoms with E-state index in [0.29, 0.717) is 21.3 Å². The van der Waals surface area contributed by atoms with Gasteiger partial charge in [0.05, 0.1) is 17.2 Å². The molecule has 1 aliphatic rings. The second kappa shape index (κ2) is 12.6. The van der Waals surface area contributed by atoms with Crippen LogP contribution in [0.25, 0.3) is 22.0 Å². The number of nitrogens with one attached hydrogen (secondary N) is 2. The zero-order chi connectivity index (χ0) is 29.8. The molecule has 1 fully saturated rings. The fraction of sp³-hybridized carbons (Fsp3) is 0.200. The quantitative estimate of drug-likeness (QED) is 0.186. The van der Waals surface area contributed by atoms with Gasteiger partial charge in [0.15, 0.2) is 0 Å². The minimum absolute atomic E-state index is 0.113. The van der Waals surface area contributed by atoms with E-state index < -0.39 is 5.60 Å². The molecule has 0 atom stereocenters. The summed E-state index contributed by atoms with van der Waals surface area (Å²) >= 11 is 12.2. The highest BCUT2D eigenvalue weighted by Crippen LogP contribution is 2.38. The monoisotopic (exact) mass is 608 g/mol. The largest absolute Gasteiger partial charge is 0.361 e. The van der Waals surface area contributed by atoms with Crippen molar-refractivity contribution in [1.82, 2.24) is 9.88 Å². The first-order valence-corrected chi connectivity index (χ1v) is 14.9. The number of carbonyl (C=O) groups is 1. The number of carbonyl (C=O) groups excluding carboxylic acids is 1. The summed E-state index contributed by atoms with van der Waals surface area (Å²) in [5.41, 5.74) is 5.95. The Bertz CT molecular complexity index is 1780. The Morgan fingerprint density at radius 1 is 0.930 bits per heavy atom. The molecule has 2 heterocycles. The maximum Gasteiger partial charge on any atom is 0.250 e. The van der Waals surface area contributed by atoms with E-state index in [2.05, 4.69) is 69.9 Å². The van der Waals surface area contributed by atoms with Gasteiger partial charge < -0.3 is 15.0 Å². The number of amides is 1. The van der Waals surface area contributed by atoms with Crippen molar-refractivity contribution in [1.29, 1.82) is 5.26 Å². The van der Waals surface area contributed by atoms with Gasteiger partial charge >= 0.3 is 0 Å². The molecule has 5 aromatic rings. The number of nitrogens with zero attached hydrogens (tertiary/aromatic N) is 2. The minimum Gasteiger partial charge on any atom is -0.361 e. The summed E-state index contributed by atoms with van der Waals surface area (Å²) in [6.45, 7) is 2.36. The van der Waals surface area contributed by atoms with Crippen molar-refractivity contribution in [3.05, 3.63) is 124 Å². The molecule has 0 unspecified atom stereocenters. The zero-order valence-corrected chi connectivity index (χ0v) is 25.0. The van der Waals surface area contributed by atoms with Crippen LogP contribution in [0.3, 0.4) is 0 Å². The van der Waals surface area contributed by atoms with Crippen molar-refractivity contribution in [3.63, 3.8) is 0 Å². The molecule has 0 bridgehead atoms. The molecule has 6 rings (SSSR count). The maximum atomic E-state index is 13.0. The number of hydrogen-bond acceptors (Lipinski definition) is 4. The van der Waals surface area contributed by atoms with Gasteiger partial charge in [-0.3, -0.25) is 9.69 Å². The summed E-state index contributed by atoms with van der Waals surface area (Å²) in [5.74, 6) is -0.274. The Balaban J connectivity index is 1.21. The number of likely N-dealkylation sites (tertiary alicyclic amines) is 1. The number of aromatic amines is 1. The van der Waals surface area contributed by atoms with Crippen LogP contribution in [0.4, 0.5) is 5.69 Å². The van der Waals surface area contributed by atoms with E-state index in [4.69, 9.17) is 27.9 Å². The SMILES string of the molecule is N#Cc1cccc(-c2ccc(C3(OCC(=O)Nc4cc(Cl)cc(Cl)c4)CCN(Cc4c[nH]c5ccccc45)CC3)cc2)c1. The molecule has 0 aliphatic carbocycles. The third-order valence-electron chi connectivity index (χ3n) is 8.09. The lowest BCUT2D eigenvalue weighted by Crippen LogP contribution is -2.45. The predicted octanol–water partition coefficient (Wildman–Crippen LogP) is 8.16. The number of fused-ring (bicyclic) bond motifs is 1. The number of ether oxygens (including phenoxy) is 1. The van der Waals surface area contributed by atoms with Crippen LogP contribution in [-0.2, 0) is 21.7 Å². The van der Waals surface area contributed by atoms with E-state index >= 15 is 0 Å². The second-order valence-corrected chi connectivity index (χ2v) is 11.8. The number of aromatic nitrogens is 1. The molecule has 8 heteroatoms. The molecule has 0 spiro atoms. The third-order valence-corrected chi connectivity index (χ3v) is 8.53. The van der Waals surface area contributed by atoms with Crippen LogP contribution < -0.4 is 5.32 Å². The van der Waals surface area contributed by atoms with Crippen LogP contribution in [0.15, 0.2) is 97.2 Å². The lowest BCUT2D eigenvalue weighted by atomic mass is 9.83. The number of anilines is 1. The van der Waals surface area contributed by atoms with Gasteiger partial charge in [0.1, 0.15) is 6.61 Å². The summed E-state index contributed by atoms with van der Waals surface area (Å²) in [7, 11) is 0. The fourth-order valence-electron chi connectivity index (χ4n) is 5.85. The Morgan fingerprint density at radius 3 is 2.42 bits per heavy atom. The molecule has 2 N–H and O–H groups in total. The molecule has 1 aromatic heterocycles. The highest BCUT2D eigenvalue weighted by molar-refractivity contribution is 6.35. The molecule has 6 nitrogen and oxygen atoms in total. The number of benzene rings is 4. The van der Waals surface area contributed by atoms with Gasteiger partial charge in [-0.25, -0.2) is 0 Å². The van der Waals surface area contributed by atoms with Crippen LogP contribution in [0.1, 0.15) is 29.5 Å².